The minimum atomic E-state index is -1.42. The van der Waals surface area contributed by atoms with Gasteiger partial charge in [0.05, 0.1) is 0 Å². The molecule has 0 saturated carbocycles. The summed E-state index contributed by atoms with van der Waals surface area (Å²) < 4.78 is 22.3. The van der Waals surface area contributed by atoms with Crippen molar-refractivity contribution in [2.45, 2.75) is 46.6 Å². The van der Waals surface area contributed by atoms with Gasteiger partial charge in [-0.1, -0.05) is 6.42 Å². The molecule has 5 nitrogen and oxygen atoms in total. The summed E-state index contributed by atoms with van der Waals surface area (Å²) in [4.78, 5) is 2.20. The highest BCUT2D eigenvalue weighted by Gasteiger charge is 2.12. The van der Waals surface area contributed by atoms with Gasteiger partial charge in [-0.15, -0.1) is 0 Å². The molecule has 0 rings (SSSR count). The van der Waals surface area contributed by atoms with Crippen LogP contribution in [0.4, 0.5) is 0 Å². The largest absolute Gasteiger partial charge is 0.397 e. The summed E-state index contributed by atoms with van der Waals surface area (Å²) in [7, 11) is -1.42. The molecule has 20 heavy (non-hydrogen) atoms. The van der Waals surface area contributed by atoms with E-state index in [1.807, 2.05) is 27.7 Å². The minimum absolute atomic E-state index is 0.647. The van der Waals surface area contributed by atoms with Gasteiger partial charge < -0.3 is 18.3 Å². The molecule has 0 saturated heterocycles. The van der Waals surface area contributed by atoms with Gasteiger partial charge in [-0.3, -0.25) is 4.90 Å². The molecule has 0 heterocycles. The van der Waals surface area contributed by atoms with Crippen LogP contribution in [-0.4, -0.2) is 60.6 Å². The van der Waals surface area contributed by atoms with Crippen LogP contribution in [0.15, 0.2) is 0 Å². The Bertz CT molecular complexity index is 184. The molecule has 0 aliphatic rings. The van der Waals surface area contributed by atoms with Crippen LogP contribution in [0.2, 0.25) is 6.04 Å². The summed E-state index contributed by atoms with van der Waals surface area (Å²) in [6.45, 7) is 13.4. The Labute approximate surface area is 126 Å². The highest BCUT2D eigenvalue weighted by molar-refractivity contribution is 6.44. The first kappa shape index (κ1) is 20.0. The van der Waals surface area contributed by atoms with Crippen molar-refractivity contribution in [3.05, 3.63) is 0 Å². The minimum Gasteiger partial charge on any atom is -0.397 e. The average Bonchev–Trinajstić information content (AvgIpc) is 2.45. The molecule has 6 heteroatoms. The van der Waals surface area contributed by atoms with E-state index in [-0.39, 0.29) is 0 Å². The first-order chi connectivity index (χ1) is 9.78. The number of hydrogen-bond acceptors (Lipinski definition) is 5. The fourth-order valence-electron chi connectivity index (χ4n) is 1.84. The molecular weight excluding hydrogens is 274 g/mol. The third kappa shape index (κ3) is 11.8. The van der Waals surface area contributed by atoms with Crippen LogP contribution < -0.4 is 0 Å². The average molecular weight is 308 g/mol. The fourth-order valence-corrected chi connectivity index (χ4v) is 3.64. The van der Waals surface area contributed by atoms with Gasteiger partial charge in [-0.2, -0.15) is 0 Å². The number of ether oxygens (including phenoxy) is 2. The lowest BCUT2D eigenvalue weighted by molar-refractivity contribution is -0.0394. The van der Waals surface area contributed by atoms with E-state index >= 15 is 0 Å². The lowest BCUT2D eigenvalue weighted by atomic mass is 10.3. The molecule has 0 aromatic heterocycles. The molecule has 0 bridgehead atoms. The van der Waals surface area contributed by atoms with E-state index in [1.54, 1.807) is 0 Å². The molecule has 0 aliphatic carbocycles. The molecule has 0 amide bonds. The Kier molecular flexibility index (Phi) is 15.4. The lowest BCUT2D eigenvalue weighted by Crippen LogP contribution is -2.30. The first-order valence-corrected chi connectivity index (χ1v) is 9.65. The summed E-state index contributed by atoms with van der Waals surface area (Å²) in [5.41, 5.74) is 0. The standard InChI is InChI=1S/C14H33NO4Si/c1-5-16-13-15(14-17-6-2)11-9-10-12-20(18-7-3)19-8-4/h20H,5-14H2,1-4H3. The Morgan fingerprint density at radius 1 is 0.750 bits per heavy atom. The maximum Gasteiger partial charge on any atom is 0.321 e. The zero-order chi connectivity index (χ0) is 15.1. The zero-order valence-corrected chi connectivity index (χ0v) is 14.9. The molecule has 0 aliphatic heterocycles. The highest BCUT2D eigenvalue weighted by atomic mass is 28.3. The van der Waals surface area contributed by atoms with Crippen molar-refractivity contribution in [2.75, 3.05) is 46.4 Å². The number of rotatable bonds is 15. The van der Waals surface area contributed by atoms with Crippen molar-refractivity contribution in [1.29, 1.82) is 0 Å². The van der Waals surface area contributed by atoms with Crippen LogP contribution in [0.25, 0.3) is 0 Å². The summed E-state index contributed by atoms with van der Waals surface area (Å²) in [6, 6.07) is 1.08. The Hall–Kier alpha value is 0.0169. The molecule has 0 spiro atoms. The Morgan fingerprint density at radius 3 is 1.75 bits per heavy atom. The van der Waals surface area contributed by atoms with Crippen LogP contribution in [0.3, 0.4) is 0 Å². The zero-order valence-electron chi connectivity index (χ0n) is 13.7. The summed E-state index contributed by atoms with van der Waals surface area (Å²) in [5.74, 6) is 0. The molecule has 0 unspecified atom stereocenters. The molecular formula is C14H33NO4Si. The van der Waals surface area contributed by atoms with Crippen molar-refractivity contribution < 1.29 is 18.3 Å². The van der Waals surface area contributed by atoms with Crippen LogP contribution in [-0.2, 0) is 18.3 Å². The van der Waals surface area contributed by atoms with Crippen molar-refractivity contribution in [1.82, 2.24) is 4.90 Å². The smallest absolute Gasteiger partial charge is 0.321 e. The fraction of sp³-hybridized carbons (Fsp3) is 1.00. The SMILES string of the molecule is CCOCN(CCCC[SiH](OCC)OCC)COCC. The summed E-state index contributed by atoms with van der Waals surface area (Å²) in [5, 5.41) is 0. The summed E-state index contributed by atoms with van der Waals surface area (Å²) in [6.07, 6.45) is 2.27. The van der Waals surface area contributed by atoms with Crippen molar-refractivity contribution >= 4 is 9.28 Å². The van der Waals surface area contributed by atoms with E-state index in [0.29, 0.717) is 13.5 Å². The van der Waals surface area contributed by atoms with E-state index in [4.69, 9.17) is 18.3 Å². The van der Waals surface area contributed by atoms with Gasteiger partial charge in [0.2, 0.25) is 0 Å². The lowest BCUT2D eigenvalue weighted by Gasteiger charge is -2.22. The Morgan fingerprint density at radius 2 is 1.30 bits per heavy atom. The third-order valence-corrected chi connectivity index (χ3v) is 5.12. The van der Waals surface area contributed by atoms with Crippen molar-refractivity contribution in [3.63, 3.8) is 0 Å². The van der Waals surface area contributed by atoms with E-state index in [9.17, 15) is 0 Å². The highest BCUT2D eigenvalue weighted by Crippen LogP contribution is 2.06. The monoisotopic (exact) mass is 307 g/mol. The van der Waals surface area contributed by atoms with Crippen LogP contribution in [0, 0.1) is 0 Å². The van der Waals surface area contributed by atoms with Crippen LogP contribution in [0.5, 0.6) is 0 Å². The molecule has 0 aromatic rings. The third-order valence-electron chi connectivity index (χ3n) is 2.83. The van der Waals surface area contributed by atoms with Gasteiger partial charge in [-0.05, 0) is 40.2 Å². The number of hydrogen-bond donors (Lipinski definition) is 0. The van der Waals surface area contributed by atoms with Crippen molar-refractivity contribution in [3.8, 4) is 0 Å². The molecule has 0 fully saturated rings. The van der Waals surface area contributed by atoms with Gasteiger partial charge in [0.1, 0.15) is 13.5 Å². The maximum absolute atomic E-state index is 5.67. The quantitative estimate of drug-likeness (QED) is 0.264. The van der Waals surface area contributed by atoms with Gasteiger partial charge in [0, 0.05) is 33.0 Å². The van der Waals surface area contributed by atoms with E-state index < -0.39 is 9.28 Å². The normalized spacial score (nSPS) is 11.7. The predicted octanol–water partition coefficient (Wildman–Crippen LogP) is 2.35. The molecule has 0 aromatic carbocycles. The maximum atomic E-state index is 5.67. The van der Waals surface area contributed by atoms with Gasteiger partial charge >= 0.3 is 9.28 Å². The molecule has 0 radical (unpaired) electrons. The van der Waals surface area contributed by atoms with Gasteiger partial charge in [0.25, 0.3) is 0 Å². The second-order valence-electron chi connectivity index (χ2n) is 4.47. The van der Waals surface area contributed by atoms with Gasteiger partial charge in [-0.25, -0.2) is 0 Å². The molecule has 0 atom stereocenters. The van der Waals surface area contributed by atoms with Crippen LogP contribution in [0.1, 0.15) is 40.5 Å². The molecule has 122 valence electrons. The predicted molar refractivity (Wildman–Crippen MR) is 84.1 cm³/mol. The van der Waals surface area contributed by atoms with Crippen molar-refractivity contribution in [2.24, 2.45) is 0 Å². The van der Waals surface area contributed by atoms with Crippen LogP contribution >= 0.6 is 0 Å². The van der Waals surface area contributed by atoms with Gasteiger partial charge in [0.15, 0.2) is 0 Å². The summed E-state index contributed by atoms with van der Waals surface area (Å²) >= 11 is 0. The van der Waals surface area contributed by atoms with E-state index in [1.165, 1.54) is 0 Å². The Balaban J connectivity index is 3.77. The topological polar surface area (TPSA) is 40.2 Å². The molecule has 0 N–H and O–H groups in total. The van der Waals surface area contributed by atoms with E-state index in [2.05, 4.69) is 4.90 Å². The first-order valence-electron chi connectivity index (χ1n) is 7.89. The van der Waals surface area contributed by atoms with E-state index in [0.717, 1.165) is 51.9 Å². The second kappa shape index (κ2) is 15.4. The second-order valence-corrected chi connectivity index (χ2v) is 6.58. The number of unbranched alkanes of at least 4 members (excludes halogenated alkanes) is 1. The number of nitrogens with zero attached hydrogens (tertiary/aromatic N) is 1.